The maximum Gasteiger partial charge on any atom is 0.472 e. The second kappa shape index (κ2) is 73.0. The van der Waals surface area contributed by atoms with Crippen LogP contribution in [0.2, 0.25) is 0 Å². The van der Waals surface area contributed by atoms with Gasteiger partial charge in [-0.05, 0) is 31.6 Å². The van der Waals surface area contributed by atoms with Crippen LogP contribution in [0.3, 0.4) is 0 Å². The fourth-order valence-electron chi connectivity index (χ4n) is 12.4. The van der Waals surface area contributed by atoms with Crippen LogP contribution >= 0.6 is 15.6 Å². The molecule has 2 unspecified atom stereocenters. The highest BCUT2D eigenvalue weighted by Crippen LogP contribution is 2.45. The number of hydrogen-bond donors (Lipinski definition) is 3. The number of unbranched alkanes of at least 4 members (excludes halogenated alkanes) is 52. The van der Waals surface area contributed by atoms with Gasteiger partial charge in [0.1, 0.15) is 19.3 Å². The molecule has 0 aliphatic carbocycles. The number of esters is 4. The molecule has 19 heteroatoms. The molecule has 0 radical (unpaired) electrons. The molecule has 17 nitrogen and oxygen atoms in total. The molecule has 0 fully saturated rings. The lowest BCUT2D eigenvalue weighted by Gasteiger charge is -2.21. The maximum atomic E-state index is 13.1. The SMILES string of the molecule is CCCCCCCCCCCCCCCCCCC(=O)OC[C@H](COP(=O)(O)OC[C@@H](O)COP(=O)(O)OC[C@@H](COC(=O)CCCCCCCCC)OC(=O)CCCCCCCCCCCCCCCCC)OC(=O)CCCCCCCCCCCCCCCCCCCCC(C)C. The summed E-state index contributed by atoms with van der Waals surface area (Å²) in [7, 11) is -9.91. The molecule has 0 aliphatic heterocycles. The largest absolute Gasteiger partial charge is 0.472 e. The minimum atomic E-state index is -4.96. The lowest BCUT2D eigenvalue weighted by atomic mass is 10.0. The van der Waals surface area contributed by atoms with E-state index in [2.05, 4.69) is 34.6 Å². The number of carbonyl (C=O) groups excluding carboxylic acids is 4. The Hall–Kier alpha value is -1.94. The van der Waals surface area contributed by atoms with E-state index >= 15 is 0 Å². The summed E-state index contributed by atoms with van der Waals surface area (Å²) < 4.78 is 68.6. The summed E-state index contributed by atoms with van der Waals surface area (Å²) in [6.07, 6.45) is 64.0. The molecule has 0 aromatic rings. The third-order valence-corrected chi connectivity index (χ3v) is 20.7. The summed E-state index contributed by atoms with van der Waals surface area (Å²) >= 11 is 0. The standard InChI is InChI=1S/C80H156O17P2/c1-6-9-12-15-18-20-22-24-26-33-36-40-44-49-54-59-64-78(83)91-70-76(97-80(85)66-61-56-51-46-42-38-34-30-28-27-29-32-35-39-43-48-52-57-62-73(4)5)72-95-99(88,89)93-68-74(81)67-92-98(86,87)94-71-75(69-90-77(82)63-58-53-47-17-14-11-8-3)96-79(84)65-60-55-50-45-41-37-31-25-23-21-19-16-13-10-7-2/h73-76,81H,6-72H2,1-5H3,(H,86,87)(H,88,89)/t74-,75+,76+/m0/s1. The number of carbonyl (C=O) groups is 4. The Labute approximate surface area is 607 Å². The van der Waals surface area contributed by atoms with E-state index in [9.17, 15) is 43.2 Å². The first-order chi connectivity index (χ1) is 48.0. The average Bonchev–Trinajstić information content (AvgIpc) is 1.01. The zero-order chi connectivity index (χ0) is 72.7. The van der Waals surface area contributed by atoms with Crippen molar-refractivity contribution >= 4 is 39.5 Å². The zero-order valence-electron chi connectivity index (χ0n) is 64.6. The van der Waals surface area contributed by atoms with E-state index in [-0.39, 0.29) is 25.7 Å². The lowest BCUT2D eigenvalue weighted by Crippen LogP contribution is -2.30. The molecule has 0 saturated carbocycles. The Morgan fingerprint density at radius 1 is 0.273 bits per heavy atom. The number of rotatable bonds is 80. The van der Waals surface area contributed by atoms with Gasteiger partial charge in [0.15, 0.2) is 12.2 Å². The number of phosphoric acid groups is 2. The minimum Gasteiger partial charge on any atom is -0.462 e. The van der Waals surface area contributed by atoms with E-state index < -0.39 is 97.5 Å². The molecule has 0 rings (SSSR count). The molecule has 0 aromatic carbocycles. The Bertz CT molecular complexity index is 1890. The second-order valence-electron chi connectivity index (χ2n) is 29.3. The molecule has 0 heterocycles. The zero-order valence-corrected chi connectivity index (χ0v) is 66.4. The number of aliphatic hydroxyl groups excluding tert-OH is 1. The monoisotopic (exact) mass is 1450 g/mol. The quantitative estimate of drug-likeness (QED) is 0.0222. The molecule has 0 saturated heterocycles. The molecule has 5 atom stereocenters. The molecule has 0 amide bonds. The van der Waals surface area contributed by atoms with Gasteiger partial charge in [-0.15, -0.1) is 0 Å². The molecule has 588 valence electrons. The van der Waals surface area contributed by atoms with E-state index in [1.165, 1.54) is 238 Å². The third kappa shape index (κ3) is 74.1. The molecule has 3 N–H and O–H groups in total. The van der Waals surface area contributed by atoms with Gasteiger partial charge in [0, 0.05) is 25.7 Å². The Morgan fingerprint density at radius 2 is 0.465 bits per heavy atom. The van der Waals surface area contributed by atoms with Crippen LogP contribution in [0.5, 0.6) is 0 Å². The molecular weight excluding hydrogens is 1290 g/mol. The minimum absolute atomic E-state index is 0.108. The summed E-state index contributed by atoms with van der Waals surface area (Å²) in [5.41, 5.74) is 0. The molecule has 99 heavy (non-hydrogen) atoms. The van der Waals surface area contributed by atoms with Gasteiger partial charge in [-0.1, -0.05) is 375 Å². The maximum absolute atomic E-state index is 13.1. The summed E-state index contributed by atoms with van der Waals surface area (Å²) in [6, 6.07) is 0. The molecular formula is C80H156O17P2. The number of phosphoric ester groups is 2. The van der Waals surface area contributed by atoms with Gasteiger partial charge >= 0.3 is 39.5 Å². The first kappa shape index (κ1) is 97.1. The van der Waals surface area contributed by atoms with Gasteiger partial charge in [0.2, 0.25) is 0 Å². The normalized spacial score (nSPS) is 13.9. The van der Waals surface area contributed by atoms with Gasteiger partial charge < -0.3 is 33.8 Å². The summed E-state index contributed by atoms with van der Waals surface area (Å²) in [6.45, 7) is 7.32. The Morgan fingerprint density at radius 3 is 0.687 bits per heavy atom. The third-order valence-electron chi connectivity index (χ3n) is 18.8. The highest BCUT2D eigenvalue weighted by atomic mass is 31.2. The van der Waals surface area contributed by atoms with E-state index in [0.29, 0.717) is 25.7 Å². The smallest absolute Gasteiger partial charge is 0.462 e. The van der Waals surface area contributed by atoms with Gasteiger partial charge in [0.05, 0.1) is 26.4 Å². The van der Waals surface area contributed by atoms with Crippen LogP contribution < -0.4 is 0 Å². The molecule has 0 spiro atoms. The van der Waals surface area contributed by atoms with Crippen molar-refractivity contribution in [1.82, 2.24) is 0 Å². The number of ether oxygens (including phenoxy) is 4. The Kier molecular flexibility index (Phi) is 71.6. The van der Waals surface area contributed by atoms with Crippen LogP contribution in [-0.4, -0.2) is 96.7 Å². The van der Waals surface area contributed by atoms with Crippen molar-refractivity contribution in [2.45, 2.75) is 445 Å². The first-order valence-electron chi connectivity index (χ1n) is 41.6. The van der Waals surface area contributed by atoms with E-state index in [1.807, 2.05) is 0 Å². The molecule has 0 bridgehead atoms. The van der Waals surface area contributed by atoms with Crippen LogP contribution in [0, 0.1) is 5.92 Å². The summed E-state index contributed by atoms with van der Waals surface area (Å²) in [5.74, 6) is -1.29. The second-order valence-corrected chi connectivity index (χ2v) is 32.2. The van der Waals surface area contributed by atoms with Crippen molar-refractivity contribution in [1.29, 1.82) is 0 Å². The summed E-state index contributed by atoms with van der Waals surface area (Å²) in [4.78, 5) is 72.8. The van der Waals surface area contributed by atoms with Crippen molar-refractivity contribution in [3.8, 4) is 0 Å². The van der Waals surface area contributed by atoms with Crippen molar-refractivity contribution in [3.63, 3.8) is 0 Å². The number of hydrogen-bond acceptors (Lipinski definition) is 15. The van der Waals surface area contributed by atoms with Crippen LogP contribution in [0.25, 0.3) is 0 Å². The van der Waals surface area contributed by atoms with Crippen molar-refractivity contribution < 1.29 is 80.2 Å². The van der Waals surface area contributed by atoms with Gasteiger partial charge in [0.25, 0.3) is 0 Å². The fourth-order valence-corrected chi connectivity index (χ4v) is 14.0. The van der Waals surface area contributed by atoms with Crippen LogP contribution in [-0.2, 0) is 65.4 Å². The van der Waals surface area contributed by atoms with Gasteiger partial charge in [-0.25, -0.2) is 9.13 Å². The van der Waals surface area contributed by atoms with Gasteiger partial charge in [-0.3, -0.25) is 37.3 Å². The fraction of sp³-hybridized carbons (Fsp3) is 0.950. The van der Waals surface area contributed by atoms with Crippen molar-refractivity contribution in [3.05, 3.63) is 0 Å². The molecule has 0 aromatic heterocycles. The van der Waals surface area contributed by atoms with E-state index in [0.717, 1.165) is 109 Å². The predicted molar refractivity (Wildman–Crippen MR) is 405 cm³/mol. The lowest BCUT2D eigenvalue weighted by molar-refractivity contribution is -0.161. The topological polar surface area (TPSA) is 237 Å². The Balaban J connectivity index is 5.17. The van der Waals surface area contributed by atoms with Crippen molar-refractivity contribution in [2.75, 3.05) is 39.6 Å². The van der Waals surface area contributed by atoms with Crippen LogP contribution in [0.1, 0.15) is 426 Å². The van der Waals surface area contributed by atoms with Gasteiger partial charge in [-0.2, -0.15) is 0 Å². The van der Waals surface area contributed by atoms with E-state index in [1.54, 1.807) is 0 Å². The first-order valence-corrected chi connectivity index (χ1v) is 44.6. The highest BCUT2D eigenvalue weighted by molar-refractivity contribution is 7.47. The highest BCUT2D eigenvalue weighted by Gasteiger charge is 2.30. The van der Waals surface area contributed by atoms with E-state index in [4.69, 9.17) is 37.0 Å². The van der Waals surface area contributed by atoms with Crippen molar-refractivity contribution in [2.24, 2.45) is 5.92 Å². The number of aliphatic hydroxyl groups is 1. The van der Waals surface area contributed by atoms with Crippen LogP contribution in [0.15, 0.2) is 0 Å². The summed E-state index contributed by atoms with van der Waals surface area (Å²) in [5, 5.41) is 10.6. The molecule has 0 aliphatic rings. The average molecular weight is 1450 g/mol. The predicted octanol–water partition coefficient (Wildman–Crippen LogP) is 24.0. The van der Waals surface area contributed by atoms with Crippen LogP contribution in [0.4, 0.5) is 0 Å².